The van der Waals surface area contributed by atoms with E-state index < -0.39 is 7.60 Å². The predicted molar refractivity (Wildman–Crippen MR) is 60.2 cm³/mol. The van der Waals surface area contributed by atoms with Crippen molar-refractivity contribution in [3.8, 4) is 0 Å². The van der Waals surface area contributed by atoms with Crippen LogP contribution in [0.3, 0.4) is 0 Å². The maximum atomic E-state index is 11.6. The van der Waals surface area contributed by atoms with Gasteiger partial charge in [-0.1, -0.05) is 20.8 Å². The van der Waals surface area contributed by atoms with E-state index in [0.29, 0.717) is 6.42 Å². The van der Waals surface area contributed by atoms with Gasteiger partial charge in [-0.05, 0) is 11.8 Å². The molecule has 0 amide bonds. The molecule has 0 saturated carbocycles. The molecule has 5 heteroatoms. The first kappa shape index (κ1) is 14.8. The zero-order chi connectivity index (χ0) is 12.1. The SMILES string of the molecule is COP(=O)(CC(=O)CCC(C)(C)C)OC. The largest absolute Gasteiger partial charge is 0.337 e. The highest BCUT2D eigenvalue weighted by Gasteiger charge is 2.25. The monoisotopic (exact) mass is 236 g/mol. The molecule has 0 saturated heterocycles. The molecule has 0 aliphatic heterocycles. The van der Waals surface area contributed by atoms with Gasteiger partial charge in [0.25, 0.3) is 0 Å². The van der Waals surface area contributed by atoms with Crippen LogP contribution in [0.4, 0.5) is 0 Å². The van der Waals surface area contributed by atoms with Crippen LogP contribution in [0.2, 0.25) is 0 Å². The molecule has 0 aromatic carbocycles. The summed E-state index contributed by atoms with van der Waals surface area (Å²) in [5.74, 6) is -0.0723. The van der Waals surface area contributed by atoms with Crippen LogP contribution in [-0.2, 0) is 18.4 Å². The highest BCUT2D eigenvalue weighted by Crippen LogP contribution is 2.46. The van der Waals surface area contributed by atoms with Crippen molar-refractivity contribution in [3.05, 3.63) is 0 Å². The van der Waals surface area contributed by atoms with Gasteiger partial charge in [-0.15, -0.1) is 0 Å². The molecule has 0 aliphatic carbocycles. The number of hydrogen-bond acceptors (Lipinski definition) is 4. The summed E-state index contributed by atoms with van der Waals surface area (Å²) in [4.78, 5) is 11.5. The van der Waals surface area contributed by atoms with E-state index in [9.17, 15) is 9.36 Å². The van der Waals surface area contributed by atoms with Crippen molar-refractivity contribution in [1.29, 1.82) is 0 Å². The third-order valence-electron chi connectivity index (χ3n) is 2.08. The van der Waals surface area contributed by atoms with Gasteiger partial charge in [0.2, 0.25) is 0 Å². The Kier molecular flexibility index (Phi) is 5.71. The minimum absolute atomic E-state index is 0.0723. The Hall–Kier alpha value is -0.180. The molecular weight excluding hydrogens is 215 g/mol. The normalized spacial score (nSPS) is 12.9. The fourth-order valence-corrected chi connectivity index (χ4v) is 2.01. The summed E-state index contributed by atoms with van der Waals surface area (Å²) in [6.07, 6.45) is 1.07. The first-order valence-corrected chi connectivity index (χ1v) is 6.67. The van der Waals surface area contributed by atoms with Crippen LogP contribution < -0.4 is 0 Å². The number of hydrogen-bond donors (Lipinski definition) is 0. The number of Topliss-reactive ketones (excluding diaryl/α,β-unsaturated/α-hetero) is 1. The van der Waals surface area contributed by atoms with Crippen LogP contribution in [0.25, 0.3) is 0 Å². The molecule has 0 rings (SSSR count). The number of ketones is 1. The Morgan fingerprint density at radius 3 is 2.00 bits per heavy atom. The predicted octanol–water partition coefficient (Wildman–Crippen LogP) is 2.87. The van der Waals surface area contributed by atoms with Crippen LogP contribution in [-0.4, -0.2) is 26.2 Å². The van der Waals surface area contributed by atoms with E-state index in [1.54, 1.807) is 0 Å². The lowest BCUT2D eigenvalue weighted by Crippen LogP contribution is -2.12. The highest BCUT2D eigenvalue weighted by molar-refractivity contribution is 7.54. The highest BCUT2D eigenvalue weighted by atomic mass is 31.2. The number of carbonyl (C=O) groups excluding carboxylic acids is 1. The zero-order valence-electron chi connectivity index (χ0n) is 10.2. The molecule has 15 heavy (non-hydrogen) atoms. The second kappa shape index (κ2) is 5.78. The molecular formula is C10H21O4P. The molecule has 0 bridgehead atoms. The van der Waals surface area contributed by atoms with Crippen LogP contribution in [0, 0.1) is 5.41 Å². The smallest absolute Gasteiger partial charge is 0.312 e. The van der Waals surface area contributed by atoms with E-state index in [0.717, 1.165) is 6.42 Å². The number of carbonyl (C=O) groups is 1. The molecule has 0 aromatic heterocycles. The minimum atomic E-state index is -3.17. The van der Waals surface area contributed by atoms with Crippen molar-refractivity contribution in [2.75, 3.05) is 20.4 Å². The van der Waals surface area contributed by atoms with Crippen LogP contribution >= 0.6 is 7.60 Å². The zero-order valence-corrected chi connectivity index (χ0v) is 11.1. The molecule has 0 aliphatic rings. The van der Waals surface area contributed by atoms with Crippen molar-refractivity contribution in [2.24, 2.45) is 5.41 Å². The van der Waals surface area contributed by atoms with Crippen LogP contribution in [0.1, 0.15) is 33.6 Å². The molecule has 0 aromatic rings. The molecule has 0 atom stereocenters. The maximum Gasteiger partial charge on any atom is 0.337 e. The number of rotatable bonds is 6. The van der Waals surface area contributed by atoms with Gasteiger partial charge in [-0.3, -0.25) is 9.36 Å². The summed E-state index contributed by atoms with van der Waals surface area (Å²) < 4.78 is 21.0. The Labute approximate surface area is 91.9 Å². The second-order valence-electron chi connectivity index (χ2n) is 4.73. The lowest BCUT2D eigenvalue weighted by atomic mass is 9.90. The first-order chi connectivity index (χ1) is 6.72. The average molecular weight is 236 g/mol. The quantitative estimate of drug-likeness (QED) is 0.665. The van der Waals surface area contributed by atoms with E-state index in [4.69, 9.17) is 9.05 Å². The first-order valence-electron chi connectivity index (χ1n) is 4.95. The van der Waals surface area contributed by atoms with Crippen molar-refractivity contribution >= 4 is 13.4 Å². The molecule has 0 radical (unpaired) electrons. The molecule has 0 heterocycles. The Bertz CT molecular complexity index is 247. The van der Waals surface area contributed by atoms with Gasteiger partial charge in [0.15, 0.2) is 0 Å². The summed E-state index contributed by atoms with van der Waals surface area (Å²) in [6.45, 7) is 6.19. The molecule has 0 unspecified atom stereocenters. The van der Waals surface area contributed by atoms with E-state index in [1.807, 2.05) is 0 Å². The van der Waals surface area contributed by atoms with Crippen LogP contribution in [0.15, 0.2) is 0 Å². The van der Waals surface area contributed by atoms with Gasteiger partial charge < -0.3 is 9.05 Å². The van der Waals surface area contributed by atoms with Crippen molar-refractivity contribution in [2.45, 2.75) is 33.6 Å². The molecule has 0 fully saturated rings. The average Bonchev–Trinajstić information content (AvgIpc) is 2.13. The molecule has 0 spiro atoms. The summed E-state index contributed by atoms with van der Waals surface area (Å²) in [5.41, 5.74) is 0.111. The fourth-order valence-electron chi connectivity index (χ4n) is 1.01. The Morgan fingerprint density at radius 2 is 1.67 bits per heavy atom. The van der Waals surface area contributed by atoms with Crippen molar-refractivity contribution < 1.29 is 18.4 Å². The maximum absolute atomic E-state index is 11.6. The van der Waals surface area contributed by atoms with Gasteiger partial charge in [-0.2, -0.15) is 0 Å². The Morgan fingerprint density at radius 1 is 1.20 bits per heavy atom. The van der Waals surface area contributed by atoms with Gasteiger partial charge in [0.05, 0.1) is 0 Å². The fraction of sp³-hybridized carbons (Fsp3) is 0.900. The third-order valence-corrected chi connectivity index (χ3v) is 3.93. The summed E-state index contributed by atoms with van der Waals surface area (Å²) in [6, 6.07) is 0. The minimum Gasteiger partial charge on any atom is -0.312 e. The molecule has 0 N–H and O–H groups in total. The lowest BCUT2D eigenvalue weighted by molar-refractivity contribution is -0.117. The van der Waals surface area contributed by atoms with Gasteiger partial charge in [0.1, 0.15) is 11.9 Å². The van der Waals surface area contributed by atoms with Crippen LogP contribution in [0.5, 0.6) is 0 Å². The second-order valence-corrected chi connectivity index (χ2v) is 7.00. The van der Waals surface area contributed by atoms with Crippen molar-refractivity contribution in [1.82, 2.24) is 0 Å². The topological polar surface area (TPSA) is 52.6 Å². The van der Waals surface area contributed by atoms with E-state index in [2.05, 4.69) is 20.8 Å². The molecule has 4 nitrogen and oxygen atoms in total. The van der Waals surface area contributed by atoms with Gasteiger partial charge >= 0.3 is 7.60 Å². The van der Waals surface area contributed by atoms with Gasteiger partial charge in [0, 0.05) is 20.6 Å². The summed E-state index contributed by atoms with van der Waals surface area (Å²) >= 11 is 0. The van der Waals surface area contributed by atoms with Crippen molar-refractivity contribution in [3.63, 3.8) is 0 Å². The summed E-state index contributed by atoms with van der Waals surface area (Å²) in [7, 11) is -0.583. The lowest BCUT2D eigenvalue weighted by Gasteiger charge is -2.18. The van der Waals surface area contributed by atoms with E-state index in [-0.39, 0.29) is 17.4 Å². The standard InChI is InChI=1S/C10H21O4P/c1-10(2,3)7-6-9(11)8-15(12,13-4)14-5/h6-8H2,1-5H3. The van der Waals surface area contributed by atoms with E-state index >= 15 is 0 Å². The van der Waals surface area contributed by atoms with Gasteiger partial charge in [-0.25, -0.2) is 0 Å². The molecule has 90 valence electrons. The third kappa shape index (κ3) is 6.82. The summed E-state index contributed by atoms with van der Waals surface area (Å²) in [5, 5.41) is 0. The van der Waals surface area contributed by atoms with E-state index in [1.165, 1.54) is 14.2 Å². The Balaban J connectivity index is 4.10.